The molecule has 0 saturated carbocycles. The van der Waals surface area contributed by atoms with Crippen LogP contribution in [0, 0.1) is 6.92 Å². The summed E-state index contributed by atoms with van der Waals surface area (Å²) in [4.78, 5) is 33.8. The number of thioether (sulfide) groups is 1. The monoisotopic (exact) mass is 334 g/mol. The van der Waals surface area contributed by atoms with Crippen LogP contribution in [0.5, 0.6) is 5.75 Å². The van der Waals surface area contributed by atoms with Crippen LogP contribution in [-0.2, 0) is 4.79 Å². The van der Waals surface area contributed by atoms with Crippen molar-refractivity contribution in [3.05, 3.63) is 46.6 Å². The van der Waals surface area contributed by atoms with Crippen molar-refractivity contribution in [1.82, 2.24) is 20.3 Å². The summed E-state index contributed by atoms with van der Waals surface area (Å²) in [6, 6.07) is 5.00. The molecule has 8 heteroatoms. The fraction of sp³-hybridized carbons (Fsp3) is 0.333. The van der Waals surface area contributed by atoms with Crippen LogP contribution in [0.25, 0.3) is 0 Å². The lowest BCUT2D eigenvalue weighted by Crippen LogP contribution is -2.34. The Morgan fingerprint density at radius 2 is 2.35 bits per heavy atom. The van der Waals surface area contributed by atoms with Gasteiger partial charge < -0.3 is 15.0 Å². The average molecular weight is 334 g/mol. The fourth-order valence-electron chi connectivity index (χ4n) is 1.75. The Hall–Kier alpha value is -2.35. The van der Waals surface area contributed by atoms with Crippen molar-refractivity contribution in [3.63, 3.8) is 0 Å². The maximum atomic E-state index is 11.8. The number of nitrogens with zero attached hydrogens (tertiary/aromatic N) is 2. The zero-order valence-corrected chi connectivity index (χ0v) is 13.7. The quantitative estimate of drug-likeness (QED) is 0.582. The number of nitrogens with one attached hydrogen (secondary N) is 2. The van der Waals surface area contributed by atoms with Gasteiger partial charge in [-0.15, -0.1) is 0 Å². The number of aryl methyl sites for hydroxylation is 1. The second-order valence-corrected chi connectivity index (χ2v) is 5.87. The minimum atomic E-state index is -0.223. The van der Waals surface area contributed by atoms with Crippen molar-refractivity contribution in [1.29, 1.82) is 0 Å². The predicted octanol–water partition coefficient (Wildman–Crippen LogP) is 1.15. The highest BCUT2D eigenvalue weighted by molar-refractivity contribution is 7.99. The zero-order chi connectivity index (χ0) is 16.7. The molecule has 0 saturated heterocycles. The molecule has 0 aliphatic heterocycles. The fourth-order valence-corrected chi connectivity index (χ4v) is 2.50. The average Bonchev–Trinajstić information content (AvgIpc) is 2.51. The largest absolute Gasteiger partial charge is 0.487 e. The number of pyridine rings is 1. The van der Waals surface area contributed by atoms with Gasteiger partial charge in [0.25, 0.3) is 5.56 Å². The maximum absolute atomic E-state index is 11.8. The van der Waals surface area contributed by atoms with Gasteiger partial charge in [-0.3, -0.25) is 14.6 Å². The molecule has 2 aromatic heterocycles. The van der Waals surface area contributed by atoms with E-state index in [1.807, 2.05) is 6.92 Å². The Morgan fingerprint density at radius 3 is 3.04 bits per heavy atom. The molecule has 0 unspecified atom stereocenters. The molecule has 2 rings (SSSR count). The van der Waals surface area contributed by atoms with Crippen molar-refractivity contribution in [3.8, 4) is 5.75 Å². The lowest BCUT2D eigenvalue weighted by Gasteiger charge is -2.15. The molecule has 1 amide bonds. The normalized spacial score (nSPS) is 11.7. The Kier molecular flexibility index (Phi) is 6.16. The van der Waals surface area contributed by atoms with E-state index in [4.69, 9.17) is 4.74 Å². The summed E-state index contributed by atoms with van der Waals surface area (Å²) in [6.45, 7) is 3.98. The Balaban J connectivity index is 1.73. The number of carbonyl (C=O) groups is 1. The number of rotatable bonds is 7. The van der Waals surface area contributed by atoms with E-state index < -0.39 is 0 Å². The van der Waals surface area contributed by atoms with Crippen LogP contribution in [0.1, 0.15) is 12.6 Å². The van der Waals surface area contributed by atoms with Gasteiger partial charge >= 0.3 is 0 Å². The first-order chi connectivity index (χ1) is 11.0. The van der Waals surface area contributed by atoms with E-state index in [0.717, 1.165) is 0 Å². The molecule has 7 nitrogen and oxygen atoms in total. The van der Waals surface area contributed by atoms with Crippen LogP contribution in [-0.4, -0.2) is 39.3 Å². The smallest absolute Gasteiger partial charge is 0.251 e. The van der Waals surface area contributed by atoms with E-state index >= 15 is 0 Å². The molecule has 2 heterocycles. The van der Waals surface area contributed by atoms with Gasteiger partial charge in [-0.25, -0.2) is 4.98 Å². The zero-order valence-electron chi connectivity index (χ0n) is 12.9. The van der Waals surface area contributed by atoms with Gasteiger partial charge in [0.15, 0.2) is 5.16 Å². The van der Waals surface area contributed by atoms with E-state index in [0.29, 0.717) is 23.1 Å². The molecule has 2 N–H and O–H groups in total. The standard InChI is InChI=1S/C15H18N4O3S/c1-10-6-13(20)19-15(18-10)23-9-14(21)17-7-11(2)22-12-4-3-5-16-8-12/h3-6,8,11H,7,9H2,1-2H3,(H,17,21)(H,18,19,20)/t11-/m0/s1. The molecule has 0 aromatic carbocycles. The number of hydrogen-bond donors (Lipinski definition) is 2. The Labute approximate surface area is 137 Å². The minimum Gasteiger partial charge on any atom is -0.487 e. The van der Waals surface area contributed by atoms with E-state index in [1.165, 1.54) is 17.8 Å². The number of carbonyl (C=O) groups excluding carboxylic acids is 1. The highest BCUT2D eigenvalue weighted by atomic mass is 32.2. The topological polar surface area (TPSA) is 97.0 Å². The van der Waals surface area contributed by atoms with Crippen LogP contribution in [0.3, 0.4) is 0 Å². The first-order valence-electron chi connectivity index (χ1n) is 7.07. The molecular formula is C15H18N4O3S. The third-order valence-electron chi connectivity index (χ3n) is 2.75. The van der Waals surface area contributed by atoms with Gasteiger partial charge in [0.2, 0.25) is 5.91 Å². The molecule has 0 radical (unpaired) electrons. The number of ether oxygens (including phenoxy) is 1. The number of aromatic amines is 1. The molecule has 0 aliphatic rings. The van der Waals surface area contributed by atoms with Gasteiger partial charge in [0.1, 0.15) is 11.9 Å². The first-order valence-corrected chi connectivity index (χ1v) is 8.05. The van der Waals surface area contributed by atoms with Crippen LogP contribution in [0.4, 0.5) is 0 Å². The van der Waals surface area contributed by atoms with Gasteiger partial charge in [-0.05, 0) is 26.0 Å². The summed E-state index contributed by atoms with van der Waals surface area (Å²) in [7, 11) is 0. The number of amides is 1. The summed E-state index contributed by atoms with van der Waals surface area (Å²) in [5, 5.41) is 3.21. The third-order valence-corrected chi connectivity index (χ3v) is 3.62. The Morgan fingerprint density at radius 1 is 1.52 bits per heavy atom. The van der Waals surface area contributed by atoms with Crippen molar-refractivity contribution in [2.45, 2.75) is 25.1 Å². The molecule has 2 aromatic rings. The molecule has 0 aliphatic carbocycles. The van der Waals surface area contributed by atoms with Gasteiger partial charge in [0.05, 0.1) is 18.5 Å². The summed E-state index contributed by atoms with van der Waals surface area (Å²) in [5.41, 5.74) is 0.397. The van der Waals surface area contributed by atoms with Gasteiger partial charge in [-0.1, -0.05) is 11.8 Å². The second kappa shape index (κ2) is 8.33. The van der Waals surface area contributed by atoms with Crippen molar-refractivity contribution in [2.24, 2.45) is 0 Å². The van der Waals surface area contributed by atoms with Gasteiger partial charge in [0, 0.05) is 18.0 Å². The number of aromatic nitrogens is 3. The predicted molar refractivity (Wildman–Crippen MR) is 87.7 cm³/mol. The van der Waals surface area contributed by atoms with E-state index in [-0.39, 0.29) is 23.3 Å². The number of hydrogen-bond acceptors (Lipinski definition) is 6. The van der Waals surface area contributed by atoms with Crippen LogP contribution < -0.4 is 15.6 Å². The molecule has 122 valence electrons. The summed E-state index contributed by atoms with van der Waals surface area (Å²) < 4.78 is 5.62. The van der Waals surface area contributed by atoms with Crippen molar-refractivity contribution >= 4 is 17.7 Å². The van der Waals surface area contributed by atoms with E-state index in [9.17, 15) is 9.59 Å². The van der Waals surface area contributed by atoms with Crippen molar-refractivity contribution < 1.29 is 9.53 Å². The minimum absolute atomic E-state index is 0.152. The van der Waals surface area contributed by atoms with Crippen LogP contribution >= 0.6 is 11.8 Å². The molecule has 0 bridgehead atoms. The first kappa shape index (κ1) is 17.0. The van der Waals surface area contributed by atoms with Crippen LogP contribution in [0.15, 0.2) is 40.5 Å². The maximum Gasteiger partial charge on any atom is 0.251 e. The highest BCUT2D eigenvalue weighted by Gasteiger charge is 2.09. The lowest BCUT2D eigenvalue weighted by molar-refractivity contribution is -0.118. The van der Waals surface area contributed by atoms with E-state index in [1.54, 1.807) is 31.5 Å². The highest BCUT2D eigenvalue weighted by Crippen LogP contribution is 2.11. The Bertz CT molecular complexity index is 705. The summed E-state index contributed by atoms with van der Waals surface area (Å²) in [6.07, 6.45) is 3.11. The summed E-state index contributed by atoms with van der Waals surface area (Å²) in [5.74, 6) is 0.678. The molecule has 0 fully saturated rings. The molecular weight excluding hydrogens is 316 g/mol. The van der Waals surface area contributed by atoms with Crippen molar-refractivity contribution in [2.75, 3.05) is 12.3 Å². The summed E-state index contributed by atoms with van der Waals surface area (Å²) >= 11 is 1.18. The molecule has 1 atom stereocenters. The number of H-pyrrole nitrogens is 1. The lowest BCUT2D eigenvalue weighted by atomic mass is 10.4. The second-order valence-electron chi connectivity index (χ2n) is 4.90. The SMILES string of the molecule is Cc1cc(=O)[nH]c(SCC(=O)NC[C@H](C)Oc2cccnc2)n1. The molecule has 23 heavy (non-hydrogen) atoms. The van der Waals surface area contributed by atoms with Gasteiger partial charge in [-0.2, -0.15) is 0 Å². The third kappa shape index (κ3) is 6.11. The van der Waals surface area contributed by atoms with Crippen LogP contribution in [0.2, 0.25) is 0 Å². The molecule has 0 spiro atoms. The van der Waals surface area contributed by atoms with E-state index in [2.05, 4.69) is 20.3 Å².